The quantitative estimate of drug-likeness (QED) is 0.314. The van der Waals surface area contributed by atoms with E-state index in [1.54, 1.807) is 7.11 Å². The lowest BCUT2D eigenvalue weighted by atomic mass is 9.94. The second kappa shape index (κ2) is 11.9. The average molecular weight is 543 g/mol. The smallest absolute Gasteiger partial charge is 0.253 e. The van der Waals surface area contributed by atoms with Crippen molar-refractivity contribution in [2.45, 2.75) is 76.6 Å². The van der Waals surface area contributed by atoms with Gasteiger partial charge in [0.1, 0.15) is 11.8 Å². The summed E-state index contributed by atoms with van der Waals surface area (Å²) in [7, 11) is 1.67. The highest BCUT2D eigenvalue weighted by molar-refractivity contribution is 5.82. The van der Waals surface area contributed by atoms with Gasteiger partial charge in [0.2, 0.25) is 0 Å². The van der Waals surface area contributed by atoms with Crippen molar-refractivity contribution in [3.05, 3.63) is 81.4 Å². The Balaban J connectivity index is 1.49. The largest absolute Gasteiger partial charge is 0.497 e. The molecule has 1 aliphatic carbocycles. The first kappa shape index (κ1) is 26.7. The van der Waals surface area contributed by atoms with Crippen LogP contribution in [0.1, 0.15) is 79.5 Å². The first-order valence-corrected chi connectivity index (χ1v) is 14.5. The molecule has 6 rings (SSSR count). The highest BCUT2D eigenvalue weighted by Gasteiger charge is 2.35. The maximum absolute atomic E-state index is 13.9. The van der Waals surface area contributed by atoms with Crippen LogP contribution in [0.2, 0.25) is 0 Å². The summed E-state index contributed by atoms with van der Waals surface area (Å²) in [5.74, 6) is 1.53. The van der Waals surface area contributed by atoms with Gasteiger partial charge in [-0.05, 0) is 77.7 Å². The number of methoxy groups -OCH3 is 1. The van der Waals surface area contributed by atoms with Crippen molar-refractivity contribution in [3.8, 4) is 5.75 Å². The molecule has 0 bridgehead atoms. The molecule has 4 aromatic rings. The van der Waals surface area contributed by atoms with Gasteiger partial charge in [0.05, 0.1) is 24.8 Å². The third-order valence-corrected chi connectivity index (χ3v) is 8.47. The van der Waals surface area contributed by atoms with E-state index in [9.17, 15) is 4.79 Å². The Kier molecular flexibility index (Phi) is 7.93. The molecule has 1 saturated carbocycles. The Morgan fingerprint density at radius 2 is 1.93 bits per heavy atom. The molecule has 2 aromatic heterocycles. The van der Waals surface area contributed by atoms with E-state index in [2.05, 4.69) is 43.6 Å². The SMILES string of the molecule is COc1ccc(CN(C[C@@H]2CCCO2)[C@@H](c2cc3cccc(C)c3[nH]c2=O)c2nnnn2C2CCCCC2)cc1. The molecule has 1 saturated heterocycles. The molecule has 40 heavy (non-hydrogen) atoms. The van der Waals surface area contributed by atoms with Crippen LogP contribution in [0, 0.1) is 6.92 Å². The minimum atomic E-state index is -0.447. The van der Waals surface area contributed by atoms with Crippen LogP contribution >= 0.6 is 0 Å². The molecule has 0 unspecified atom stereocenters. The van der Waals surface area contributed by atoms with Crippen molar-refractivity contribution in [2.75, 3.05) is 20.3 Å². The molecular formula is C31H38N6O3. The summed E-state index contributed by atoms with van der Waals surface area (Å²) in [6.45, 7) is 4.06. The van der Waals surface area contributed by atoms with Crippen LogP contribution in [0.4, 0.5) is 0 Å². The maximum atomic E-state index is 13.9. The number of aryl methyl sites for hydroxylation is 1. The van der Waals surface area contributed by atoms with Crippen molar-refractivity contribution >= 4 is 10.9 Å². The van der Waals surface area contributed by atoms with E-state index in [1.165, 1.54) is 6.42 Å². The van der Waals surface area contributed by atoms with E-state index in [1.807, 2.05) is 41.9 Å². The first-order valence-electron chi connectivity index (χ1n) is 14.5. The summed E-state index contributed by atoms with van der Waals surface area (Å²) in [5, 5.41) is 14.3. The Bertz CT molecular complexity index is 1490. The highest BCUT2D eigenvalue weighted by Crippen LogP contribution is 2.35. The van der Waals surface area contributed by atoms with E-state index < -0.39 is 6.04 Å². The summed E-state index contributed by atoms with van der Waals surface area (Å²) < 4.78 is 13.5. The van der Waals surface area contributed by atoms with Gasteiger partial charge in [-0.25, -0.2) is 4.68 Å². The second-order valence-corrected chi connectivity index (χ2v) is 11.2. The number of H-pyrrole nitrogens is 1. The molecule has 9 heteroatoms. The van der Waals surface area contributed by atoms with Gasteiger partial charge in [0.25, 0.3) is 5.56 Å². The number of ether oxygens (including phenoxy) is 2. The number of tetrazole rings is 1. The van der Waals surface area contributed by atoms with E-state index in [0.717, 1.165) is 78.7 Å². The number of hydrogen-bond acceptors (Lipinski definition) is 7. The zero-order valence-electron chi connectivity index (χ0n) is 23.4. The lowest BCUT2D eigenvalue weighted by molar-refractivity contribution is 0.0567. The van der Waals surface area contributed by atoms with Gasteiger partial charge in [0.15, 0.2) is 5.82 Å². The Labute approximate surface area is 234 Å². The lowest BCUT2D eigenvalue weighted by Gasteiger charge is -2.34. The molecule has 2 aliphatic rings. The molecule has 1 N–H and O–H groups in total. The van der Waals surface area contributed by atoms with Gasteiger partial charge < -0.3 is 14.5 Å². The molecule has 0 amide bonds. The zero-order chi connectivity index (χ0) is 27.5. The third-order valence-electron chi connectivity index (χ3n) is 8.47. The van der Waals surface area contributed by atoms with Crippen molar-refractivity contribution in [1.82, 2.24) is 30.1 Å². The van der Waals surface area contributed by atoms with E-state index in [0.29, 0.717) is 18.7 Å². The fraction of sp³-hybridized carbons (Fsp3) is 0.484. The number of aromatic amines is 1. The van der Waals surface area contributed by atoms with Crippen molar-refractivity contribution in [2.24, 2.45) is 0 Å². The van der Waals surface area contributed by atoms with Crippen molar-refractivity contribution in [3.63, 3.8) is 0 Å². The van der Waals surface area contributed by atoms with Crippen LogP contribution in [-0.2, 0) is 11.3 Å². The predicted molar refractivity (Wildman–Crippen MR) is 153 cm³/mol. The second-order valence-electron chi connectivity index (χ2n) is 11.2. The van der Waals surface area contributed by atoms with Gasteiger partial charge in [-0.2, -0.15) is 0 Å². The summed E-state index contributed by atoms with van der Waals surface area (Å²) >= 11 is 0. The minimum Gasteiger partial charge on any atom is -0.497 e. The number of fused-ring (bicyclic) bond motifs is 1. The molecule has 0 radical (unpaired) electrons. The summed E-state index contributed by atoms with van der Waals surface area (Å²) in [6, 6.07) is 16.0. The number of aromatic nitrogens is 5. The fourth-order valence-corrected chi connectivity index (χ4v) is 6.35. The number of pyridine rings is 1. The summed E-state index contributed by atoms with van der Waals surface area (Å²) in [5.41, 5.74) is 3.56. The Morgan fingerprint density at radius 3 is 2.67 bits per heavy atom. The van der Waals surface area contributed by atoms with Gasteiger partial charge in [-0.15, -0.1) is 5.10 Å². The molecular weight excluding hydrogens is 504 g/mol. The van der Waals surface area contributed by atoms with E-state index in [-0.39, 0.29) is 17.7 Å². The molecule has 0 spiro atoms. The van der Waals surface area contributed by atoms with Crippen LogP contribution in [0.25, 0.3) is 10.9 Å². The summed E-state index contributed by atoms with van der Waals surface area (Å²) in [4.78, 5) is 19.4. The van der Waals surface area contributed by atoms with E-state index >= 15 is 0 Å². The van der Waals surface area contributed by atoms with Crippen molar-refractivity contribution < 1.29 is 9.47 Å². The number of benzene rings is 2. The Morgan fingerprint density at radius 1 is 1.10 bits per heavy atom. The van der Waals surface area contributed by atoms with Gasteiger partial charge in [0, 0.05) is 25.3 Å². The van der Waals surface area contributed by atoms with Crippen molar-refractivity contribution in [1.29, 1.82) is 0 Å². The molecule has 1 aliphatic heterocycles. The lowest BCUT2D eigenvalue weighted by Crippen LogP contribution is -2.39. The molecule has 3 heterocycles. The van der Waals surface area contributed by atoms with Crippen LogP contribution in [-0.4, -0.2) is 56.5 Å². The maximum Gasteiger partial charge on any atom is 0.253 e. The topological polar surface area (TPSA) is 98.2 Å². The van der Waals surface area contributed by atoms with Gasteiger partial charge in [-0.3, -0.25) is 9.69 Å². The monoisotopic (exact) mass is 542 g/mol. The number of nitrogens with zero attached hydrogens (tertiary/aromatic N) is 5. The number of para-hydroxylation sites is 1. The van der Waals surface area contributed by atoms with Gasteiger partial charge in [-0.1, -0.05) is 49.6 Å². The first-order chi connectivity index (χ1) is 19.6. The molecule has 9 nitrogen and oxygen atoms in total. The Hall–Kier alpha value is -3.56. The minimum absolute atomic E-state index is 0.0848. The van der Waals surface area contributed by atoms with E-state index in [4.69, 9.17) is 9.47 Å². The number of hydrogen-bond donors (Lipinski definition) is 1. The highest BCUT2D eigenvalue weighted by atomic mass is 16.5. The van der Waals surface area contributed by atoms with Crippen LogP contribution in [0.15, 0.2) is 53.3 Å². The molecule has 2 fully saturated rings. The fourth-order valence-electron chi connectivity index (χ4n) is 6.35. The molecule has 2 aromatic carbocycles. The zero-order valence-corrected chi connectivity index (χ0v) is 23.4. The number of nitrogens with one attached hydrogen (secondary N) is 1. The predicted octanol–water partition coefficient (Wildman–Crippen LogP) is 5.11. The number of rotatable bonds is 9. The average Bonchev–Trinajstić information content (AvgIpc) is 3.68. The van der Waals surface area contributed by atoms with Crippen LogP contribution < -0.4 is 10.3 Å². The summed E-state index contributed by atoms with van der Waals surface area (Å²) in [6.07, 6.45) is 7.77. The standard InChI is InChI=1S/C31H38N6O3/c1-21-8-6-9-23-18-27(31(38)32-28(21)23)29(30-33-34-35-37(30)24-10-4-3-5-11-24)36(20-26-12-7-17-40-26)19-22-13-15-25(39-2)16-14-22/h6,8-9,13-16,18,24,26,29H,3-5,7,10-12,17,19-20H2,1-2H3,(H,32,38)/t26-,29-/m0/s1. The van der Waals surface area contributed by atoms with Gasteiger partial charge >= 0.3 is 0 Å². The normalized spacial score (nSPS) is 18.9. The third kappa shape index (κ3) is 5.53. The molecule has 210 valence electrons. The van der Waals surface area contributed by atoms with Crippen LogP contribution in [0.5, 0.6) is 5.75 Å². The molecule has 2 atom stereocenters. The van der Waals surface area contributed by atoms with Crippen LogP contribution in [0.3, 0.4) is 0 Å².